The Bertz CT molecular complexity index is 1830. The molecule has 0 aliphatic carbocycles. The number of pyridine rings is 1. The Morgan fingerprint density at radius 2 is 1.20 bits per heavy atom. The summed E-state index contributed by atoms with van der Waals surface area (Å²) in [7, 11) is 0. The van der Waals surface area contributed by atoms with Gasteiger partial charge in [-0.25, -0.2) is 0 Å². The predicted octanol–water partition coefficient (Wildman–Crippen LogP) is 8.67. The van der Waals surface area contributed by atoms with Crippen LogP contribution < -0.4 is 0 Å². The minimum atomic E-state index is 1.04. The van der Waals surface area contributed by atoms with Gasteiger partial charge < -0.3 is 4.57 Å². The zero-order valence-electron chi connectivity index (χ0n) is 19.1. The summed E-state index contributed by atoms with van der Waals surface area (Å²) in [5.41, 5.74) is 9.38. The van der Waals surface area contributed by atoms with E-state index in [2.05, 4.69) is 126 Å². The molecule has 5 aromatic carbocycles. The topological polar surface area (TPSA) is 17.8 Å². The van der Waals surface area contributed by atoms with Crippen molar-refractivity contribution in [1.82, 2.24) is 9.55 Å². The minimum Gasteiger partial charge on any atom is -0.309 e. The van der Waals surface area contributed by atoms with Gasteiger partial charge in [-0.1, -0.05) is 97.1 Å². The van der Waals surface area contributed by atoms with Crippen molar-refractivity contribution in [2.45, 2.75) is 0 Å². The van der Waals surface area contributed by atoms with Crippen LogP contribution in [0.3, 0.4) is 0 Å². The number of aromatic nitrogens is 2. The second kappa shape index (κ2) is 7.96. The lowest BCUT2D eigenvalue weighted by Crippen LogP contribution is -1.94. The lowest BCUT2D eigenvalue weighted by molar-refractivity contribution is 1.18. The Morgan fingerprint density at radius 3 is 1.97 bits per heavy atom. The SMILES string of the molecule is c1ccc(-c2cccc(-n3c4cc(-c5ccccc5)ccc4c4c5ncccc5ccc43)c2)cc1. The standard InChI is InChI=1S/C33H22N2/c1-3-9-23(10-4-1)26-13-7-15-28(21-26)35-30-19-17-25-14-8-20-34-33(25)32(30)29-18-16-27(22-31(29)35)24-11-5-2-6-12-24/h1-22H. The fourth-order valence-corrected chi connectivity index (χ4v) is 5.19. The van der Waals surface area contributed by atoms with E-state index >= 15 is 0 Å². The maximum absolute atomic E-state index is 4.80. The van der Waals surface area contributed by atoms with Crippen molar-refractivity contribution in [2.75, 3.05) is 0 Å². The quantitative estimate of drug-likeness (QED) is 0.265. The van der Waals surface area contributed by atoms with E-state index < -0.39 is 0 Å². The Morgan fingerprint density at radius 1 is 0.486 bits per heavy atom. The van der Waals surface area contributed by atoms with Gasteiger partial charge in [-0.05, 0) is 52.6 Å². The lowest BCUT2D eigenvalue weighted by Gasteiger charge is -2.11. The van der Waals surface area contributed by atoms with Crippen LogP contribution in [0.5, 0.6) is 0 Å². The molecule has 0 aliphatic rings. The first-order valence-electron chi connectivity index (χ1n) is 11.9. The van der Waals surface area contributed by atoms with Gasteiger partial charge in [0, 0.05) is 28.0 Å². The van der Waals surface area contributed by atoms with Crippen LogP contribution in [-0.2, 0) is 0 Å². The smallest absolute Gasteiger partial charge is 0.0802 e. The molecule has 0 amide bonds. The molecule has 0 aliphatic heterocycles. The normalized spacial score (nSPS) is 11.4. The van der Waals surface area contributed by atoms with E-state index in [4.69, 9.17) is 4.98 Å². The summed E-state index contributed by atoms with van der Waals surface area (Å²) in [4.78, 5) is 4.80. The fourth-order valence-electron chi connectivity index (χ4n) is 5.19. The maximum Gasteiger partial charge on any atom is 0.0802 e. The summed E-state index contributed by atoms with van der Waals surface area (Å²) in [5, 5.41) is 3.57. The summed E-state index contributed by atoms with van der Waals surface area (Å²) in [5.74, 6) is 0. The molecule has 2 heteroatoms. The van der Waals surface area contributed by atoms with Gasteiger partial charge in [-0.2, -0.15) is 0 Å². The number of rotatable bonds is 3. The van der Waals surface area contributed by atoms with Gasteiger partial charge in [0.25, 0.3) is 0 Å². The van der Waals surface area contributed by atoms with Crippen molar-refractivity contribution in [3.8, 4) is 27.9 Å². The third kappa shape index (κ3) is 3.23. The van der Waals surface area contributed by atoms with E-state index in [0.29, 0.717) is 0 Å². The molecule has 164 valence electrons. The lowest BCUT2D eigenvalue weighted by atomic mass is 10.0. The highest BCUT2D eigenvalue weighted by molar-refractivity contribution is 6.20. The van der Waals surface area contributed by atoms with Gasteiger partial charge >= 0.3 is 0 Å². The van der Waals surface area contributed by atoms with E-state index in [1.165, 1.54) is 44.1 Å². The van der Waals surface area contributed by atoms with Crippen LogP contribution in [0.4, 0.5) is 0 Å². The molecule has 0 saturated heterocycles. The molecule has 0 atom stereocenters. The van der Waals surface area contributed by atoms with Gasteiger partial charge in [0.2, 0.25) is 0 Å². The molecule has 2 aromatic heterocycles. The van der Waals surface area contributed by atoms with Crippen molar-refractivity contribution in [2.24, 2.45) is 0 Å². The molecule has 0 saturated carbocycles. The molecule has 0 unspecified atom stereocenters. The first-order chi connectivity index (χ1) is 17.4. The molecule has 0 bridgehead atoms. The predicted molar refractivity (Wildman–Crippen MR) is 147 cm³/mol. The van der Waals surface area contributed by atoms with E-state index in [-0.39, 0.29) is 0 Å². The Kier molecular flexibility index (Phi) is 4.49. The molecule has 35 heavy (non-hydrogen) atoms. The van der Waals surface area contributed by atoms with Gasteiger partial charge in [0.15, 0.2) is 0 Å². The fraction of sp³-hybridized carbons (Fsp3) is 0. The van der Waals surface area contributed by atoms with Crippen molar-refractivity contribution in [3.63, 3.8) is 0 Å². The second-order valence-corrected chi connectivity index (χ2v) is 8.88. The molecule has 2 heterocycles. The number of benzene rings is 5. The summed E-state index contributed by atoms with van der Waals surface area (Å²) < 4.78 is 2.39. The van der Waals surface area contributed by atoms with E-state index in [0.717, 1.165) is 16.6 Å². The van der Waals surface area contributed by atoms with Crippen molar-refractivity contribution < 1.29 is 0 Å². The third-order valence-corrected chi connectivity index (χ3v) is 6.82. The average Bonchev–Trinajstić information content (AvgIpc) is 3.28. The zero-order valence-corrected chi connectivity index (χ0v) is 19.1. The van der Waals surface area contributed by atoms with Crippen LogP contribution in [0.25, 0.3) is 60.6 Å². The van der Waals surface area contributed by atoms with E-state index in [1.807, 2.05) is 12.3 Å². The second-order valence-electron chi connectivity index (χ2n) is 8.88. The monoisotopic (exact) mass is 446 g/mol. The minimum absolute atomic E-state index is 1.04. The molecule has 0 radical (unpaired) electrons. The molecule has 2 nitrogen and oxygen atoms in total. The Balaban J connectivity index is 1.57. The molecule has 0 fully saturated rings. The molecular weight excluding hydrogens is 424 g/mol. The molecule has 7 aromatic rings. The van der Waals surface area contributed by atoms with Crippen LogP contribution in [0.2, 0.25) is 0 Å². The van der Waals surface area contributed by atoms with Crippen LogP contribution in [-0.4, -0.2) is 9.55 Å². The van der Waals surface area contributed by atoms with Crippen LogP contribution in [0.15, 0.2) is 134 Å². The number of fused-ring (bicyclic) bond motifs is 5. The molecule has 0 N–H and O–H groups in total. The van der Waals surface area contributed by atoms with Crippen molar-refractivity contribution in [1.29, 1.82) is 0 Å². The largest absolute Gasteiger partial charge is 0.309 e. The van der Waals surface area contributed by atoms with Gasteiger partial charge in [-0.15, -0.1) is 0 Å². The summed E-state index contributed by atoms with van der Waals surface area (Å²) in [6.07, 6.45) is 1.89. The summed E-state index contributed by atoms with van der Waals surface area (Å²) >= 11 is 0. The van der Waals surface area contributed by atoms with Gasteiger partial charge in [0.1, 0.15) is 0 Å². The first kappa shape index (κ1) is 19.7. The van der Waals surface area contributed by atoms with E-state index in [9.17, 15) is 0 Å². The third-order valence-electron chi connectivity index (χ3n) is 6.82. The molecule has 7 rings (SSSR count). The van der Waals surface area contributed by atoms with Crippen molar-refractivity contribution in [3.05, 3.63) is 134 Å². The number of hydrogen-bond acceptors (Lipinski definition) is 1. The van der Waals surface area contributed by atoms with Crippen LogP contribution in [0.1, 0.15) is 0 Å². The van der Waals surface area contributed by atoms with Gasteiger partial charge in [-0.3, -0.25) is 4.98 Å². The number of hydrogen-bond donors (Lipinski definition) is 0. The first-order valence-corrected chi connectivity index (χ1v) is 11.9. The highest BCUT2D eigenvalue weighted by Gasteiger charge is 2.16. The van der Waals surface area contributed by atoms with Gasteiger partial charge in [0.05, 0.1) is 16.6 Å². The highest BCUT2D eigenvalue weighted by Crippen LogP contribution is 2.38. The van der Waals surface area contributed by atoms with Crippen LogP contribution in [0, 0.1) is 0 Å². The molecular formula is C33H22N2. The Hall–Kier alpha value is -4.69. The Labute approximate surface area is 203 Å². The summed E-state index contributed by atoms with van der Waals surface area (Å²) in [6, 6.07) is 45.3. The van der Waals surface area contributed by atoms with Crippen molar-refractivity contribution >= 4 is 32.7 Å². The van der Waals surface area contributed by atoms with Crippen LogP contribution >= 0.6 is 0 Å². The zero-order chi connectivity index (χ0) is 23.2. The average molecular weight is 447 g/mol. The maximum atomic E-state index is 4.80. The summed E-state index contributed by atoms with van der Waals surface area (Å²) in [6.45, 7) is 0. The number of nitrogens with zero attached hydrogens (tertiary/aromatic N) is 2. The molecule has 0 spiro atoms. The highest BCUT2D eigenvalue weighted by atomic mass is 15.0. The van der Waals surface area contributed by atoms with E-state index in [1.54, 1.807) is 0 Å².